The van der Waals surface area contributed by atoms with E-state index in [0.717, 1.165) is 22.3 Å². The molecule has 15 heavy (non-hydrogen) atoms. The predicted molar refractivity (Wildman–Crippen MR) is 58.9 cm³/mol. The average molecular weight is 205 g/mol. The number of ketones is 1. The van der Waals surface area contributed by atoms with Crippen LogP contribution < -0.4 is 5.73 Å². The first kappa shape index (κ1) is 11.4. The summed E-state index contributed by atoms with van der Waals surface area (Å²) >= 11 is 0. The highest BCUT2D eigenvalue weighted by Crippen LogP contribution is 2.21. The van der Waals surface area contributed by atoms with Gasteiger partial charge in [0.05, 0.1) is 0 Å². The topological polar surface area (TPSA) is 60.2 Å². The molecule has 1 rings (SSSR count). The second kappa shape index (κ2) is 3.85. The quantitative estimate of drug-likeness (QED) is 0.588. The lowest BCUT2D eigenvalue weighted by atomic mass is 9.91. The van der Waals surface area contributed by atoms with Gasteiger partial charge in [0.15, 0.2) is 0 Å². The normalized spacial score (nSPS) is 10.1. The Bertz CT molecular complexity index is 421. The molecule has 0 bridgehead atoms. The molecule has 2 N–H and O–H groups in total. The van der Waals surface area contributed by atoms with Crippen molar-refractivity contribution < 1.29 is 9.59 Å². The van der Waals surface area contributed by atoms with Crippen molar-refractivity contribution in [2.75, 3.05) is 0 Å². The van der Waals surface area contributed by atoms with Crippen LogP contribution in [0.5, 0.6) is 0 Å². The minimum atomic E-state index is -0.897. The van der Waals surface area contributed by atoms with Gasteiger partial charge in [0.1, 0.15) is 0 Å². The van der Waals surface area contributed by atoms with Gasteiger partial charge in [0.25, 0.3) is 5.91 Å². The Morgan fingerprint density at radius 3 is 1.73 bits per heavy atom. The van der Waals surface area contributed by atoms with Gasteiger partial charge >= 0.3 is 0 Å². The Balaban J connectivity index is 3.53. The van der Waals surface area contributed by atoms with Gasteiger partial charge in [-0.1, -0.05) is 6.07 Å². The fourth-order valence-electron chi connectivity index (χ4n) is 1.68. The summed E-state index contributed by atoms with van der Waals surface area (Å²) in [5.74, 6) is -1.50. The first-order valence-electron chi connectivity index (χ1n) is 4.77. The van der Waals surface area contributed by atoms with Crippen molar-refractivity contribution in [3.05, 3.63) is 33.9 Å². The van der Waals surface area contributed by atoms with Gasteiger partial charge in [-0.2, -0.15) is 0 Å². The number of amides is 1. The number of rotatable bonds is 2. The minimum absolute atomic E-state index is 0.458. The van der Waals surface area contributed by atoms with Gasteiger partial charge in [-0.25, -0.2) is 0 Å². The Hall–Kier alpha value is -1.64. The van der Waals surface area contributed by atoms with Crippen molar-refractivity contribution in [3.63, 3.8) is 0 Å². The largest absolute Gasteiger partial charge is 0.363 e. The van der Waals surface area contributed by atoms with E-state index in [9.17, 15) is 9.59 Å². The Kier molecular flexibility index (Phi) is 2.93. The highest BCUT2D eigenvalue weighted by molar-refractivity contribution is 6.43. The van der Waals surface area contributed by atoms with E-state index in [1.165, 1.54) is 0 Å². The Morgan fingerprint density at radius 2 is 1.40 bits per heavy atom. The van der Waals surface area contributed by atoms with Crippen molar-refractivity contribution >= 4 is 11.7 Å². The van der Waals surface area contributed by atoms with Gasteiger partial charge in [0, 0.05) is 5.56 Å². The smallest absolute Gasteiger partial charge is 0.289 e. The molecule has 0 spiro atoms. The number of benzene rings is 1. The fourth-order valence-corrected chi connectivity index (χ4v) is 1.68. The van der Waals surface area contributed by atoms with E-state index in [4.69, 9.17) is 5.73 Å². The standard InChI is InChI=1S/C12H15NO2/c1-6-5-7(2)9(4)10(8(6)3)11(14)12(13)15/h5H,1-4H3,(H2,13,15). The van der Waals surface area contributed by atoms with Crippen molar-refractivity contribution in [2.45, 2.75) is 27.7 Å². The maximum Gasteiger partial charge on any atom is 0.289 e. The van der Waals surface area contributed by atoms with Crippen molar-refractivity contribution in [1.82, 2.24) is 0 Å². The zero-order valence-electron chi connectivity index (χ0n) is 9.47. The molecule has 1 amide bonds. The van der Waals surface area contributed by atoms with E-state index in [0.29, 0.717) is 5.56 Å². The number of primary amides is 1. The zero-order chi connectivity index (χ0) is 11.7. The highest BCUT2D eigenvalue weighted by Gasteiger charge is 2.19. The van der Waals surface area contributed by atoms with E-state index in [2.05, 4.69) is 0 Å². The first-order chi connectivity index (χ1) is 6.86. The zero-order valence-corrected chi connectivity index (χ0v) is 9.47. The van der Waals surface area contributed by atoms with Crippen LogP contribution in [0.4, 0.5) is 0 Å². The van der Waals surface area contributed by atoms with Crippen LogP contribution in [0.2, 0.25) is 0 Å². The van der Waals surface area contributed by atoms with Crippen LogP contribution in [0.15, 0.2) is 6.07 Å². The SMILES string of the molecule is Cc1cc(C)c(C)c(C(=O)C(N)=O)c1C. The molecule has 0 fully saturated rings. The van der Waals surface area contributed by atoms with E-state index in [1.54, 1.807) is 0 Å². The third-order valence-electron chi connectivity index (χ3n) is 2.82. The minimum Gasteiger partial charge on any atom is -0.363 e. The molecule has 3 heteroatoms. The lowest BCUT2D eigenvalue weighted by Crippen LogP contribution is -2.25. The number of aryl methyl sites for hydroxylation is 2. The second-order valence-electron chi connectivity index (χ2n) is 3.83. The monoisotopic (exact) mass is 205 g/mol. The summed E-state index contributed by atoms with van der Waals surface area (Å²) in [5.41, 5.74) is 9.15. The van der Waals surface area contributed by atoms with E-state index < -0.39 is 11.7 Å². The number of carbonyl (C=O) groups is 2. The fraction of sp³-hybridized carbons (Fsp3) is 0.333. The van der Waals surface area contributed by atoms with Crippen molar-refractivity contribution in [3.8, 4) is 0 Å². The molecule has 0 unspecified atom stereocenters. The molecule has 0 aromatic heterocycles. The predicted octanol–water partition coefficient (Wildman–Crippen LogP) is 1.59. The molecule has 3 nitrogen and oxygen atoms in total. The van der Waals surface area contributed by atoms with Gasteiger partial charge in [0.2, 0.25) is 5.78 Å². The van der Waals surface area contributed by atoms with Crippen LogP contribution in [0, 0.1) is 27.7 Å². The van der Waals surface area contributed by atoms with Crippen LogP contribution in [0.3, 0.4) is 0 Å². The molecular weight excluding hydrogens is 190 g/mol. The van der Waals surface area contributed by atoms with Crippen LogP contribution in [0.25, 0.3) is 0 Å². The first-order valence-corrected chi connectivity index (χ1v) is 4.77. The van der Waals surface area contributed by atoms with Gasteiger partial charge in [-0.15, -0.1) is 0 Å². The maximum absolute atomic E-state index is 11.6. The number of nitrogens with two attached hydrogens (primary N) is 1. The lowest BCUT2D eigenvalue weighted by molar-refractivity contribution is -0.114. The summed E-state index contributed by atoms with van der Waals surface area (Å²) in [6.45, 7) is 7.50. The number of carbonyl (C=O) groups excluding carboxylic acids is 2. The highest BCUT2D eigenvalue weighted by atomic mass is 16.2. The third kappa shape index (κ3) is 1.91. The molecule has 0 aliphatic rings. The molecule has 0 radical (unpaired) electrons. The summed E-state index contributed by atoms with van der Waals surface area (Å²) in [7, 11) is 0. The van der Waals surface area contributed by atoms with Crippen LogP contribution in [-0.4, -0.2) is 11.7 Å². The molecule has 0 saturated carbocycles. The van der Waals surface area contributed by atoms with Crippen molar-refractivity contribution in [1.29, 1.82) is 0 Å². The summed E-state index contributed by atoms with van der Waals surface area (Å²) < 4.78 is 0. The van der Waals surface area contributed by atoms with Gasteiger partial charge in [-0.3, -0.25) is 9.59 Å². The van der Waals surface area contributed by atoms with Gasteiger partial charge < -0.3 is 5.73 Å². The molecular formula is C12H15NO2. The molecule has 0 atom stereocenters. The van der Waals surface area contributed by atoms with Crippen LogP contribution >= 0.6 is 0 Å². The molecule has 1 aromatic carbocycles. The summed E-state index contributed by atoms with van der Waals surface area (Å²) in [6, 6.07) is 2.00. The Labute approximate surface area is 89.3 Å². The Morgan fingerprint density at radius 1 is 1.00 bits per heavy atom. The van der Waals surface area contributed by atoms with E-state index in [1.807, 2.05) is 33.8 Å². The maximum atomic E-state index is 11.6. The van der Waals surface area contributed by atoms with E-state index in [-0.39, 0.29) is 0 Å². The summed E-state index contributed by atoms with van der Waals surface area (Å²) in [5, 5.41) is 0. The van der Waals surface area contributed by atoms with Crippen LogP contribution in [-0.2, 0) is 4.79 Å². The average Bonchev–Trinajstić information content (AvgIpc) is 2.15. The molecule has 0 saturated heterocycles. The molecule has 0 aliphatic carbocycles. The summed E-state index contributed by atoms with van der Waals surface area (Å²) in [4.78, 5) is 22.5. The summed E-state index contributed by atoms with van der Waals surface area (Å²) in [6.07, 6.45) is 0. The van der Waals surface area contributed by atoms with Crippen molar-refractivity contribution in [2.24, 2.45) is 5.73 Å². The van der Waals surface area contributed by atoms with Crippen LogP contribution in [0.1, 0.15) is 32.6 Å². The number of hydrogen-bond acceptors (Lipinski definition) is 2. The molecule has 1 aromatic rings. The molecule has 0 heterocycles. The third-order valence-corrected chi connectivity index (χ3v) is 2.82. The molecule has 80 valence electrons. The number of Topliss-reactive ketones (excluding diaryl/α,β-unsaturated/α-hetero) is 1. The second-order valence-corrected chi connectivity index (χ2v) is 3.83. The molecule has 0 aliphatic heterocycles. The lowest BCUT2D eigenvalue weighted by Gasteiger charge is -2.12. The number of hydrogen-bond donors (Lipinski definition) is 1. The van der Waals surface area contributed by atoms with E-state index >= 15 is 0 Å². The van der Waals surface area contributed by atoms with Gasteiger partial charge in [-0.05, 0) is 49.9 Å².